The second-order valence-electron chi connectivity index (χ2n) is 19.2. The highest BCUT2D eigenvalue weighted by molar-refractivity contribution is 7.26. The Morgan fingerprint density at radius 1 is 0.413 bits per heavy atom. The van der Waals surface area contributed by atoms with Gasteiger partial charge in [0.25, 0.3) is 0 Å². The first-order valence-corrected chi connectivity index (χ1v) is 25.7. The van der Waals surface area contributed by atoms with Crippen molar-refractivity contribution in [3.05, 3.63) is 235 Å². The van der Waals surface area contributed by atoms with Crippen molar-refractivity contribution in [2.24, 2.45) is 0 Å². The fraction of sp³-hybridized carbons (Fsp3) is 0. The third-order valence-corrected chi connectivity index (χ3v) is 16.6. The molecule has 0 fully saturated rings. The van der Waals surface area contributed by atoms with Gasteiger partial charge in [0, 0.05) is 69.7 Å². The molecule has 0 aliphatic heterocycles. The van der Waals surface area contributed by atoms with E-state index in [1.165, 1.54) is 10.1 Å². The quantitative estimate of drug-likeness (QED) is 0.161. The zero-order valence-electron chi connectivity index (χ0n) is 39.8. The van der Waals surface area contributed by atoms with E-state index in [9.17, 15) is 11.8 Å². The van der Waals surface area contributed by atoms with E-state index in [1.807, 2.05) is 84.9 Å². The van der Waals surface area contributed by atoms with Crippen LogP contribution in [0.4, 0.5) is 5.69 Å². The van der Waals surface area contributed by atoms with Gasteiger partial charge in [0.2, 0.25) is 5.69 Å². The SMILES string of the molecule is [C-]#[N+]c1c(-c2ccccc2)c(C#N)c(-n2c3cc(-c4ccccc4)ccc3c3ccc4c5ccccc5oc4c32)c(-c2ccccc2)c1-n1c2c(ccc3c4ccccc4oc32)c2ccc3c4ccccc4sc3c21. The first kappa shape index (κ1) is 41.4. The van der Waals surface area contributed by atoms with E-state index in [0.717, 1.165) is 120 Å². The number of aromatic nitrogens is 2. The monoisotopic (exact) mass is 972 g/mol. The number of para-hydroxylation sites is 2. The van der Waals surface area contributed by atoms with Crippen molar-refractivity contribution in [1.29, 1.82) is 5.26 Å². The molecular weight excluding hydrogens is 937 g/mol. The maximum absolute atomic E-state index is 12.3. The van der Waals surface area contributed by atoms with Gasteiger partial charge < -0.3 is 18.0 Å². The molecule has 0 unspecified atom stereocenters. The Labute approximate surface area is 431 Å². The Balaban J connectivity index is 1.22. The molecule has 0 saturated heterocycles. The van der Waals surface area contributed by atoms with Crippen LogP contribution >= 0.6 is 11.3 Å². The smallest absolute Gasteiger partial charge is 0.220 e. The van der Waals surface area contributed by atoms with Crippen molar-refractivity contribution < 1.29 is 8.83 Å². The lowest BCUT2D eigenvalue weighted by atomic mass is 9.88. The fourth-order valence-corrected chi connectivity index (χ4v) is 13.5. The number of nitrogens with zero attached hydrogens (tertiary/aromatic N) is 4. The Kier molecular flexibility index (Phi) is 8.65. The molecule has 75 heavy (non-hydrogen) atoms. The van der Waals surface area contributed by atoms with Gasteiger partial charge in [0.05, 0.1) is 50.3 Å². The van der Waals surface area contributed by atoms with Crippen molar-refractivity contribution in [3.8, 4) is 50.8 Å². The Morgan fingerprint density at radius 3 is 1.53 bits per heavy atom. The molecule has 0 aliphatic rings. The molecule has 0 saturated carbocycles. The van der Waals surface area contributed by atoms with Crippen LogP contribution in [0, 0.1) is 17.9 Å². The molecule has 0 spiro atoms. The number of benzene rings is 11. The zero-order valence-corrected chi connectivity index (χ0v) is 40.6. The average Bonchev–Trinajstić information content (AvgIpc) is 4.32. The number of thiophene rings is 1. The van der Waals surface area contributed by atoms with Crippen LogP contribution in [0.2, 0.25) is 0 Å². The minimum atomic E-state index is 0.352. The average molecular weight is 973 g/mol. The normalized spacial score (nSPS) is 12.0. The molecule has 0 bridgehead atoms. The highest BCUT2D eigenvalue weighted by atomic mass is 32.1. The van der Waals surface area contributed by atoms with Crippen LogP contribution < -0.4 is 0 Å². The molecule has 5 heterocycles. The Morgan fingerprint density at radius 2 is 0.907 bits per heavy atom. The highest BCUT2D eigenvalue weighted by Crippen LogP contribution is 2.55. The first-order valence-electron chi connectivity index (χ1n) is 24.9. The van der Waals surface area contributed by atoms with Gasteiger partial charge in [-0.2, -0.15) is 5.26 Å². The number of nitriles is 1. The molecule has 5 aromatic heterocycles. The van der Waals surface area contributed by atoms with Gasteiger partial charge in [-0.1, -0.05) is 182 Å². The van der Waals surface area contributed by atoms with E-state index in [1.54, 1.807) is 11.3 Å². The lowest BCUT2D eigenvalue weighted by Crippen LogP contribution is -2.09. The molecule has 0 aliphatic carbocycles. The topological polar surface area (TPSA) is 64.3 Å². The molecule has 0 radical (unpaired) electrons. The molecule has 11 aromatic carbocycles. The number of hydrogen-bond donors (Lipinski definition) is 0. The largest absolute Gasteiger partial charge is 0.454 e. The van der Waals surface area contributed by atoms with Gasteiger partial charge in [-0.3, -0.25) is 0 Å². The maximum Gasteiger partial charge on any atom is 0.220 e. The van der Waals surface area contributed by atoms with Gasteiger partial charge in [0.15, 0.2) is 11.2 Å². The number of rotatable bonds is 5. The molecule has 0 N–H and O–H groups in total. The molecule has 0 amide bonds. The third-order valence-electron chi connectivity index (χ3n) is 15.4. The summed E-state index contributed by atoms with van der Waals surface area (Å²) in [6.07, 6.45) is 0. The van der Waals surface area contributed by atoms with E-state index in [4.69, 9.17) is 8.83 Å². The lowest BCUT2D eigenvalue weighted by molar-refractivity contribution is 0.671. The van der Waals surface area contributed by atoms with Crippen molar-refractivity contribution in [1.82, 2.24) is 9.13 Å². The fourth-order valence-electron chi connectivity index (χ4n) is 12.2. The van der Waals surface area contributed by atoms with E-state index < -0.39 is 0 Å². The molecule has 16 rings (SSSR count). The van der Waals surface area contributed by atoms with Gasteiger partial charge in [-0.15, -0.1) is 11.3 Å². The van der Waals surface area contributed by atoms with Crippen molar-refractivity contribution in [3.63, 3.8) is 0 Å². The van der Waals surface area contributed by atoms with Gasteiger partial charge >= 0.3 is 0 Å². The minimum Gasteiger partial charge on any atom is -0.454 e. The standard InChI is InChI=1S/C68H36N4O2S/c1-70-60-58(40-19-7-3-8-20-40)53(38-69)61(71-54-37-42(39-17-5-2-6-18-39)29-30-43(54)47-31-34-50-44-23-11-14-26-55(44)73-66(50)62(47)71)59(41-21-9-4-10-22-41)65(60)72-63-48(32-35-51-45-24-12-15-27-56(45)74-67(51)63)49-33-36-52-46-25-13-16-28-57(46)75-68(52)64(49)72/h2-37H. The summed E-state index contributed by atoms with van der Waals surface area (Å²) in [5.74, 6) is 0. The molecular formula is C68H36N4O2S. The summed E-state index contributed by atoms with van der Waals surface area (Å²) < 4.78 is 21.0. The van der Waals surface area contributed by atoms with Crippen LogP contribution in [0.1, 0.15) is 5.56 Å². The second-order valence-corrected chi connectivity index (χ2v) is 20.3. The van der Waals surface area contributed by atoms with E-state index >= 15 is 0 Å². The third kappa shape index (κ3) is 5.70. The number of furan rings is 2. The molecule has 7 heteroatoms. The molecule has 346 valence electrons. The predicted octanol–water partition coefficient (Wildman–Crippen LogP) is 19.5. The predicted molar refractivity (Wildman–Crippen MR) is 310 cm³/mol. The van der Waals surface area contributed by atoms with Crippen molar-refractivity contribution in [2.45, 2.75) is 0 Å². The zero-order chi connectivity index (χ0) is 49.5. The van der Waals surface area contributed by atoms with Crippen LogP contribution in [0.5, 0.6) is 0 Å². The van der Waals surface area contributed by atoms with Crippen LogP contribution in [-0.2, 0) is 0 Å². The van der Waals surface area contributed by atoms with Crippen LogP contribution in [0.15, 0.2) is 227 Å². The summed E-state index contributed by atoms with van der Waals surface area (Å²) in [5, 5.41) is 22.5. The molecule has 16 aromatic rings. The van der Waals surface area contributed by atoms with E-state index in [-0.39, 0.29) is 0 Å². The van der Waals surface area contributed by atoms with Crippen LogP contribution in [0.25, 0.3) is 157 Å². The van der Waals surface area contributed by atoms with Gasteiger partial charge in [0.1, 0.15) is 17.2 Å². The highest BCUT2D eigenvalue weighted by Gasteiger charge is 2.34. The summed E-state index contributed by atoms with van der Waals surface area (Å²) >= 11 is 1.76. The number of fused-ring (bicyclic) bond motifs is 18. The summed E-state index contributed by atoms with van der Waals surface area (Å²) in [5.41, 5.74) is 13.4. The minimum absolute atomic E-state index is 0.352. The van der Waals surface area contributed by atoms with Crippen molar-refractivity contribution in [2.75, 3.05) is 0 Å². The second kappa shape index (κ2) is 15.7. The molecule has 0 atom stereocenters. The summed E-state index contributed by atoms with van der Waals surface area (Å²) in [6, 6.07) is 78.4. The Hall–Kier alpha value is -10.2. The Bertz CT molecular complexity index is 5070. The summed E-state index contributed by atoms with van der Waals surface area (Å²) in [4.78, 5) is 4.66. The summed E-state index contributed by atoms with van der Waals surface area (Å²) in [7, 11) is 0. The van der Waals surface area contributed by atoms with Gasteiger partial charge in [-0.05, 0) is 58.7 Å². The number of hydrogen-bond acceptors (Lipinski definition) is 4. The van der Waals surface area contributed by atoms with Crippen LogP contribution in [0.3, 0.4) is 0 Å². The lowest BCUT2D eigenvalue weighted by Gasteiger charge is -2.26. The summed E-state index contributed by atoms with van der Waals surface area (Å²) in [6.45, 7) is 9.59. The molecule has 6 nitrogen and oxygen atoms in total. The first-order chi connectivity index (χ1) is 37.2. The van der Waals surface area contributed by atoms with Crippen LogP contribution in [-0.4, -0.2) is 9.13 Å². The van der Waals surface area contributed by atoms with Crippen molar-refractivity contribution >= 4 is 125 Å². The van der Waals surface area contributed by atoms with E-state index in [0.29, 0.717) is 33.8 Å². The van der Waals surface area contributed by atoms with E-state index in [2.05, 4.69) is 154 Å². The maximum atomic E-state index is 12.3. The van der Waals surface area contributed by atoms with Gasteiger partial charge in [-0.25, -0.2) is 4.85 Å².